The first kappa shape index (κ1) is 18.9. The molecule has 0 radical (unpaired) electrons. The summed E-state index contributed by atoms with van der Waals surface area (Å²) in [6, 6.07) is 14.9. The number of esters is 1. The zero-order valence-electron chi connectivity index (χ0n) is 14.2. The van der Waals surface area contributed by atoms with Gasteiger partial charge in [-0.25, -0.2) is 13.1 Å². The van der Waals surface area contributed by atoms with Gasteiger partial charge in [-0.3, -0.25) is 4.79 Å². The highest BCUT2D eigenvalue weighted by atomic mass is 32.2. The smallest absolute Gasteiger partial charge is 0.321 e. The van der Waals surface area contributed by atoms with Gasteiger partial charge in [0, 0.05) is 5.41 Å². The molecule has 2 aromatic carbocycles. The van der Waals surface area contributed by atoms with Gasteiger partial charge in [-0.15, -0.1) is 0 Å². The van der Waals surface area contributed by atoms with Crippen LogP contribution in [0.4, 0.5) is 0 Å². The maximum absolute atomic E-state index is 11.9. The van der Waals surface area contributed by atoms with E-state index in [1.807, 2.05) is 50.2 Å². The van der Waals surface area contributed by atoms with Gasteiger partial charge in [-0.1, -0.05) is 54.1 Å². The Hall–Kier alpha value is -2.44. The van der Waals surface area contributed by atoms with E-state index < -0.39 is 22.5 Å². The van der Waals surface area contributed by atoms with Crippen LogP contribution < -0.4 is 4.72 Å². The van der Waals surface area contributed by atoms with Gasteiger partial charge in [0.25, 0.3) is 0 Å². The third-order valence-electron chi connectivity index (χ3n) is 3.55. The van der Waals surface area contributed by atoms with Crippen LogP contribution in [0, 0.1) is 13.8 Å². The summed E-state index contributed by atoms with van der Waals surface area (Å²) in [7, 11) is -3.70. The molecule has 0 aromatic heterocycles. The number of rotatable bonds is 7. The molecule has 0 spiro atoms. The van der Waals surface area contributed by atoms with Crippen LogP contribution in [0.3, 0.4) is 0 Å². The molecule has 0 amide bonds. The summed E-state index contributed by atoms with van der Waals surface area (Å²) in [5.74, 6) is -0.627. The highest BCUT2D eigenvalue weighted by Gasteiger charge is 2.10. The Kier molecular flexibility index (Phi) is 6.50. The van der Waals surface area contributed by atoms with Crippen LogP contribution in [-0.4, -0.2) is 20.9 Å². The zero-order valence-corrected chi connectivity index (χ0v) is 15.0. The summed E-state index contributed by atoms with van der Waals surface area (Å²) in [5.41, 5.74) is 3.75. The highest BCUT2D eigenvalue weighted by molar-refractivity contribution is 7.92. The Bertz CT molecular complexity index is 858. The molecule has 0 aliphatic heterocycles. The number of ether oxygens (including phenoxy) is 1. The second-order valence-corrected chi connectivity index (χ2v) is 7.32. The Labute approximate surface area is 148 Å². The lowest BCUT2D eigenvalue weighted by Gasteiger charge is -2.09. The molecule has 25 heavy (non-hydrogen) atoms. The molecule has 5 nitrogen and oxygen atoms in total. The van der Waals surface area contributed by atoms with Crippen LogP contribution in [0.5, 0.6) is 0 Å². The summed E-state index contributed by atoms with van der Waals surface area (Å²) >= 11 is 0. The number of carbonyl (C=O) groups is 1. The molecule has 2 rings (SSSR count). The van der Waals surface area contributed by atoms with E-state index in [1.54, 1.807) is 12.1 Å². The van der Waals surface area contributed by atoms with Crippen molar-refractivity contribution in [2.24, 2.45) is 0 Å². The predicted molar refractivity (Wildman–Crippen MR) is 98.1 cm³/mol. The molecule has 0 atom stereocenters. The van der Waals surface area contributed by atoms with Crippen LogP contribution in [0.2, 0.25) is 0 Å². The van der Waals surface area contributed by atoms with E-state index in [9.17, 15) is 13.2 Å². The molecule has 0 unspecified atom stereocenters. The van der Waals surface area contributed by atoms with E-state index in [0.717, 1.165) is 27.7 Å². The maximum atomic E-state index is 11.9. The number of carbonyl (C=O) groups excluding carboxylic acids is 1. The molecular formula is C19H21NO4S. The van der Waals surface area contributed by atoms with Gasteiger partial charge in [-0.05, 0) is 36.6 Å². The molecule has 0 bridgehead atoms. The van der Waals surface area contributed by atoms with Crippen LogP contribution >= 0.6 is 0 Å². The molecule has 1 N–H and O–H groups in total. The Morgan fingerprint density at radius 2 is 1.84 bits per heavy atom. The maximum Gasteiger partial charge on any atom is 0.321 e. The molecule has 0 saturated carbocycles. The van der Waals surface area contributed by atoms with Crippen molar-refractivity contribution >= 4 is 22.1 Å². The van der Waals surface area contributed by atoms with Crippen molar-refractivity contribution in [3.8, 4) is 0 Å². The summed E-state index contributed by atoms with van der Waals surface area (Å²) in [6.07, 6.45) is 1.46. The summed E-state index contributed by atoms with van der Waals surface area (Å²) < 4.78 is 31.1. The second-order valence-electron chi connectivity index (χ2n) is 5.67. The third kappa shape index (κ3) is 6.52. The molecule has 6 heteroatoms. The standard InChI is InChI=1S/C19H21NO4S/c1-15-8-9-16(2)18(12-15)14-24-19(21)13-20-25(22,23)11-10-17-6-4-3-5-7-17/h3-12,20H,13-14H2,1-2H3/b11-10+. The normalized spacial score (nSPS) is 11.6. The van der Waals surface area contributed by atoms with Gasteiger partial charge < -0.3 is 4.74 Å². The molecule has 0 aliphatic carbocycles. The number of benzene rings is 2. The lowest BCUT2D eigenvalue weighted by Crippen LogP contribution is -2.29. The van der Waals surface area contributed by atoms with Gasteiger partial charge >= 0.3 is 5.97 Å². The summed E-state index contributed by atoms with van der Waals surface area (Å²) in [6.45, 7) is 3.60. The Morgan fingerprint density at radius 3 is 2.56 bits per heavy atom. The minimum atomic E-state index is -3.70. The molecule has 132 valence electrons. The highest BCUT2D eigenvalue weighted by Crippen LogP contribution is 2.11. The minimum Gasteiger partial charge on any atom is -0.460 e. The second kappa shape index (κ2) is 8.60. The average Bonchev–Trinajstić information content (AvgIpc) is 2.60. The Morgan fingerprint density at radius 1 is 1.12 bits per heavy atom. The van der Waals surface area contributed by atoms with Crippen molar-refractivity contribution < 1.29 is 17.9 Å². The molecular weight excluding hydrogens is 338 g/mol. The van der Waals surface area contributed by atoms with Crippen molar-refractivity contribution in [3.05, 3.63) is 76.2 Å². The van der Waals surface area contributed by atoms with Gasteiger partial charge in [0.2, 0.25) is 10.0 Å². The first-order chi connectivity index (χ1) is 11.9. The fourth-order valence-corrected chi connectivity index (χ4v) is 2.86. The van der Waals surface area contributed by atoms with Crippen LogP contribution in [0.25, 0.3) is 6.08 Å². The van der Waals surface area contributed by atoms with E-state index in [2.05, 4.69) is 4.72 Å². The number of hydrogen-bond acceptors (Lipinski definition) is 4. The number of hydrogen-bond donors (Lipinski definition) is 1. The summed E-state index contributed by atoms with van der Waals surface area (Å²) in [5, 5.41) is 1.03. The first-order valence-corrected chi connectivity index (χ1v) is 9.35. The van der Waals surface area contributed by atoms with Crippen LogP contribution in [-0.2, 0) is 26.2 Å². The fraction of sp³-hybridized carbons (Fsp3) is 0.211. The quantitative estimate of drug-likeness (QED) is 0.772. The van der Waals surface area contributed by atoms with Crippen molar-refractivity contribution in [2.75, 3.05) is 6.54 Å². The monoisotopic (exact) mass is 359 g/mol. The van der Waals surface area contributed by atoms with Crippen molar-refractivity contribution in [3.63, 3.8) is 0 Å². The van der Waals surface area contributed by atoms with Crippen molar-refractivity contribution in [1.82, 2.24) is 4.72 Å². The lowest BCUT2D eigenvalue weighted by atomic mass is 10.1. The minimum absolute atomic E-state index is 0.119. The average molecular weight is 359 g/mol. The molecule has 2 aromatic rings. The lowest BCUT2D eigenvalue weighted by molar-refractivity contribution is -0.143. The topological polar surface area (TPSA) is 72.5 Å². The summed E-state index contributed by atoms with van der Waals surface area (Å²) in [4.78, 5) is 11.8. The van der Waals surface area contributed by atoms with Gasteiger partial charge in [0.1, 0.15) is 13.2 Å². The van der Waals surface area contributed by atoms with Crippen molar-refractivity contribution in [2.45, 2.75) is 20.5 Å². The fourth-order valence-electron chi connectivity index (χ4n) is 2.10. The zero-order chi connectivity index (χ0) is 18.3. The largest absolute Gasteiger partial charge is 0.460 e. The van der Waals surface area contributed by atoms with E-state index in [4.69, 9.17) is 4.74 Å². The van der Waals surface area contributed by atoms with Gasteiger partial charge in [-0.2, -0.15) is 0 Å². The number of sulfonamides is 1. The molecule has 0 heterocycles. The first-order valence-electron chi connectivity index (χ1n) is 7.80. The van der Waals surface area contributed by atoms with Gasteiger partial charge in [0.15, 0.2) is 0 Å². The third-order valence-corrected chi connectivity index (χ3v) is 4.59. The van der Waals surface area contributed by atoms with Crippen LogP contribution in [0.15, 0.2) is 53.9 Å². The van der Waals surface area contributed by atoms with E-state index in [-0.39, 0.29) is 6.61 Å². The van der Waals surface area contributed by atoms with Crippen LogP contribution in [0.1, 0.15) is 22.3 Å². The number of nitrogens with one attached hydrogen (secondary N) is 1. The van der Waals surface area contributed by atoms with Gasteiger partial charge in [0.05, 0.1) is 0 Å². The predicted octanol–water partition coefficient (Wildman–Crippen LogP) is 2.94. The SMILES string of the molecule is Cc1ccc(C)c(COC(=O)CNS(=O)(=O)/C=C/c2ccccc2)c1. The Balaban J connectivity index is 1.84. The van der Waals surface area contributed by atoms with E-state index >= 15 is 0 Å². The molecule has 0 aliphatic rings. The molecule has 0 fully saturated rings. The van der Waals surface area contributed by atoms with Crippen molar-refractivity contribution in [1.29, 1.82) is 0 Å². The van der Waals surface area contributed by atoms with E-state index in [1.165, 1.54) is 6.08 Å². The number of aryl methyl sites for hydroxylation is 2. The molecule has 0 saturated heterocycles. The van der Waals surface area contributed by atoms with E-state index in [0.29, 0.717) is 0 Å².